The van der Waals surface area contributed by atoms with Crippen molar-refractivity contribution in [3.63, 3.8) is 0 Å². The zero-order valence-electron chi connectivity index (χ0n) is 8.87. The number of ether oxygens (including phenoxy) is 1. The fourth-order valence-corrected chi connectivity index (χ4v) is 1.94. The van der Waals surface area contributed by atoms with Crippen molar-refractivity contribution in [2.24, 2.45) is 0 Å². The van der Waals surface area contributed by atoms with Crippen LogP contribution in [0.4, 0.5) is 4.79 Å². The van der Waals surface area contributed by atoms with Gasteiger partial charge in [-0.1, -0.05) is 19.3 Å². The van der Waals surface area contributed by atoms with Gasteiger partial charge in [0, 0.05) is 0 Å². The Bertz CT molecular complexity index is 202. The summed E-state index contributed by atoms with van der Waals surface area (Å²) in [6.07, 6.45) is 4.20. The first-order chi connectivity index (χ1) is 7.22. The Morgan fingerprint density at radius 3 is 2.47 bits per heavy atom. The SMILES string of the molecule is O=C(NC1(CO)CCCCC1)OCCO. The summed E-state index contributed by atoms with van der Waals surface area (Å²) in [5.41, 5.74) is -0.509. The first kappa shape index (κ1) is 12.3. The number of rotatable bonds is 4. The van der Waals surface area contributed by atoms with Crippen molar-refractivity contribution in [3.8, 4) is 0 Å². The molecule has 0 atom stereocenters. The van der Waals surface area contributed by atoms with Crippen molar-refractivity contribution >= 4 is 6.09 Å². The van der Waals surface area contributed by atoms with Crippen LogP contribution in [-0.2, 0) is 4.74 Å². The molecule has 5 heteroatoms. The molecule has 0 heterocycles. The summed E-state index contributed by atoms with van der Waals surface area (Å²) in [7, 11) is 0. The van der Waals surface area contributed by atoms with Gasteiger partial charge in [0.15, 0.2) is 0 Å². The monoisotopic (exact) mass is 217 g/mol. The maximum atomic E-state index is 11.3. The Kier molecular flexibility index (Phi) is 4.84. The summed E-state index contributed by atoms with van der Waals surface area (Å²) in [5.74, 6) is 0. The van der Waals surface area contributed by atoms with Crippen LogP contribution in [0.3, 0.4) is 0 Å². The van der Waals surface area contributed by atoms with Crippen molar-refractivity contribution in [2.45, 2.75) is 37.6 Å². The summed E-state index contributed by atoms with van der Waals surface area (Å²) >= 11 is 0. The first-order valence-electron chi connectivity index (χ1n) is 5.39. The number of carbonyl (C=O) groups is 1. The molecule has 1 saturated carbocycles. The Morgan fingerprint density at radius 1 is 1.27 bits per heavy atom. The van der Waals surface area contributed by atoms with E-state index in [-0.39, 0.29) is 19.8 Å². The van der Waals surface area contributed by atoms with E-state index in [0.717, 1.165) is 32.1 Å². The molecule has 88 valence electrons. The van der Waals surface area contributed by atoms with E-state index in [9.17, 15) is 9.90 Å². The molecule has 1 aliphatic carbocycles. The van der Waals surface area contributed by atoms with E-state index in [0.29, 0.717) is 0 Å². The lowest BCUT2D eigenvalue weighted by Crippen LogP contribution is -2.52. The van der Waals surface area contributed by atoms with Crippen molar-refractivity contribution in [3.05, 3.63) is 0 Å². The Morgan fingerprint density at radius 2 is 1.93 bits per heavy atom. The zero-order chi connectivity index (χ0) is 11.1. The fraction of sp³-hybridized carbons (Fsp3) is 0.900. The van der Waals surface area contributed by atoms with Gasteiger partial charge in [0.2, 0.25) is 0 Å². The first-order valence-corrected chi connectivity index (χ1v) is 5.39. The largest absolute Gasteiger partial charge is 0.447 e. The number of hydrogen-bond acceptors (Lipinski definition) is 4. The molecule has 0 spiro atoms. The lowest BCUT2D eigenvalue weighted by atomic mass is 9.82. The van der Waals surface area contributed by atoms with Crippen LogP contribution in [0.15, 0.2) is 0 Å². The smallest absolute Gasteiger partial charge is 0.407 e. The maximum Gasteiger partial charge on any atom is 0.407 e. The van der Waals surface area contributed by atoms with Gasteiger partial charge in [-0.3, -0.25) is 0 Å². The van der Waals surface area contributed by atoms with Gasteiger partial charge in [-0.15, -0.1) is 0 Å². The van der Waals surface area contributed by atoms with E-state index in [1.165, 1.54) is 0 Å². The van der Waals surface area contributed by atoms with Crippen LogP contribution >= 0.6 is 0 Å². The lowest BCUT2D eigenvalue weighted by molar-refractivity contribution is 0.0819. The molecule has 0 bridgehead atoms. The minimum absolute atomic E-state index is 0.00661. The molecule has 0 saturated heterocycles. The minimum atomic E-state index is -0.556. The van der Waals surface area contributed by atoms with Gasteiger partial charge in [-0.2, -0.15) is 0 Å². The minimum Gasteiger partial charge on any atom is -0.447 e. The molecule has 0 unspecified atom stereocenters. The van der Waals surface area contributed by atoms with E-state index in [1.54, 1.807) is 0 Å². The van der Waals surface area contributed by atoms with E-state index in [1.807, 2.05) is 0 Å². The fourth-order valence-electron chi connectivity index (χ4n) is 1.94. The van der Waals surface area contributed by atoms with Crippen LogP contribution in [0.2, 0.25) is 0 Å². The molecule has 3 N–H and O–H groups in total. The maximum absolute atomic E-state index is 11.3. The number of nitrogens with one attached hydrogen (secondary N) is 1. The van der Waals surface area contributed by atoms with Crippen molar-refractivity contribution < 1.29 is 19.7 Å². The average Bonchev–Trinajstić information content (AvgIpc) is 2.27. The summed E-state index contributed by atoms with van der Waals surface area (Å²) in [4.78, 5) is 11.3. The zero-order valence-corrected chi connectivity index (χ0v) is 8.87. The number of aliphatic hydroxyl groups excluding tert-OH is 2. The average molecular weight is 217 g/mol. The molecule has 0 aromatic carbocycles. The van der Waals surface area contributed by atoms with Crippen LogP contribution in [0, 0.1) is 0 Å². The standard InChI is InChI=1S/C10H19NO4/c12-6-7-15-9(14)11-10(8-13)4-2-1-3-5-10/h12-13H,1-8H2,(H,11,14). The van der Waals surface area contributed by atoms with E-state index in [4.69, 9.17) is 9.84 Å². The molecule has 1 rings (SSSR count). The van der Waals surface area contributed by atoms with Gasteiger partial charge in [0.1, 0.15) is 6.61 Å². The number of hydrogen-bond donors (Lipinski definition) is 3. The highest BCUT2D eigenvalue weighted by Gasteiger charge is 2.33. The van der Waals surface area contributed by atoms with Crippen LogP contribution in [0.25, 0.3) is 0 Å². The normalized spacial score (nSPS) is 19.6. The summed E-state index contributed by atoms with van der Waals surface area (Å²) < 4.78 is 4.71. The van der Waals surface area contributed by atoms with Crippen molar-refractivity contribution in [2.75, 3.05) is 19.8 Å². The van der Waals surface area contributed by atoms with Gasteiger partial charge in [0.25, 0.3) is 0 Å². The van der Waals surface area contributed by atoms with Crippen LogP contribution in [0.5, 0.6) is 0 Å². The van der Waals surface area contributed by atoms with Crippen molar-refractivity contribution in [1.29, 1.82) is 0 Å². The molecular formula is C10H19NO4. The second kappa shape index (κ2) is 5.92. The van der Waals surface area contributed by atoms with Gasteiger partial charge < -0.3 is 20.3 Å². The predicted molar refractivity (Wildman–Crippen MR) is 54.5 cm³/mol. The van der Waals surface area contributed by atoms with E-state index < -0.39 is 11.6 Å². The van der Waals surface area contributed by atoms with E-state index in [2.05, 4.69) is 5.32 Å². The predicted octanol–water partition coefficient (Wildman–Crippen LogP) is 0.400. The Hall–Kier alpha value is -0.810. The molecule has 0 aromatic rings. The molecule has 0 radical (unpaired) electrons. The Balaban J connectivity index is 2.40. The van der Waals surface area contributed by atoms with Gasteiger partial charge in [0.05, 0.1) is 18.8 Å². The van der Waals surface area contributed by atoms with Crippen LogP contribution < -0.4 is 5.32 Å². The number of aliphatic hydroxyl groups is 2. The molecule has 5 nitrogen and oxygen atoms in total. The molecule has 0 aromatic heterocycles. The third-order valence-electron chi connectivity index (χ3n) is 2.80. The molecule has 1 fully saturated rings. The Labute approximate surface area is 89.4 Å². The molecule has 1 amide bonds. The second-order valence-electron chi connectivity index (χ2n) is 3.98. The van der Waals surface area contributed by atoms with Crippen LogP contribution in [0.1, 0.15) is 32.1 Å². The highest BCUT2D eigenvalue weighted by Crippen LogP contribution is 2.27. The number of amides is 1. The van der Waals surface area contributed by atoms with Crippen molar-refractivity contribution in [1.82, 2.24) is 5.32 Å². The third-order valence-corrected chi connectivity index (χ3v) is 2.80. The summed E-state index contributed by atoms with van der Waals surface area (Å²) in [6.45, 7) is -0.242. The third kappa shape index (κ3) is 3.68. The highest BCUT2D eigenvalue weighted by atomic mass is 16.6. The lowest BCUT2D eigenvalue weighted by Gasteiger charge is -2.35. The summed E-state index contributed by atoms with van der Waals surface area (Å²) in [6, 6.07) is 0. The molecule has 0 aliphatic heterocycles. The molecule has 15 heavy (non-hydrogen) atoms. The van der Waals surface area contributed by atoms with E-state index >= 15 is 0 Å². The topological polar surface area (TPSA) is 78.8 Å². The van der Waals surface area contributed by atoms with Gasteiger partial charge in [-0.25, -0.2) is 4.79 Å². The molecule has 1 aliphatic rings. The van der Waals surface area contributed by atoms with Gasteiger partial charge >= 0.3 is 6.09 Å². The number of carbonyl (C=O) groups excluding carboxylic acids is 1. The second-order valence-corrected chi connectivity index (χ2v) is 3.98. The highest BCUT2D eigenvalue weighted by molar-refractivity contribution is 5.68. The quantitative estimate of drug-likeness (QED) is 0.637. The van der Waals surface area contributed by atoms with Gasteiger partial charge in [-0.05, 0) is 12.8 Å². The summed E-state index contributed by atoms with van der Waals surface area (Å²) in [5, 5.41) is 20.5. The van der Waals surface area contributed by atoms with Crippen LogP contribution in [-0.4, -0.2) is 41.7 Å². The molecular weight excluding hydrogens is 198 g/mol. The number of alkyl carbamates (subject to hydrolysis) is 1.